The molecule has 0 atom stereocenters. The summed E-state index contributed by atoms with van der Waals surface area (Å²) < 4.78 is 0.286. The van der Waals surface area contributed by atoms with Gasteiger partial charge in [-0.1, -0.05) is 6.07 Å². The van der Waals surface area contributed by atoms with Crippen molar-refractivity contribution in [3.63, 3.8) is 0 Å². The van der Waals surface area contributed by atoms with Crippen molar-refractivity contribution in [1.82, 2.24) is 20.1 Å². The van der Waals surface area contributed by atoms with Crippen LogP contribution in [0, 0.1) is 0 Å². The van der Waals surface area contributed by atoms with Gasteiger partial charge in [0, 0.05) is 5.56 Å². The van der Waals surface area contributed by atoms with Crippen LogP contribution in [0.15, 0.2) is 27.8 Å². The van der Waals surface area contributed by atoms with E-state index in [1.165, 1.54) is 18.2 Å². The molecule has 0 spiro atoms. The Kier molecular flexibility index (Phi) is 2.18. The number of carbonyl (C=O) groups excluding carboxylic acids is 1. The minimum absolute atomic E-state index is 0.0640. The fraction of sp³-hybridized carbons (Fsp3) is 0. The van der Waals surface area contributed by atoms with Gasteiger partial charge in [-0.2, -0.15) is 10.3 Å². The molecule has 94 valence electrons. The summed E-state index contributed by atoms with van der Waals surface area (Å²) in [6, 6.07) is 4.00. The van der Waals surface area contributed by atoms with Gasteiger partial charge >= 0.3 is 5.56 Å². The zero-order valence-corrected chi connectivity index (χ0v) is 9.32. The highest BCUT2D eigenvalue weighted by Gasteiger charge is 2.13. The largest absolute Gasteiger partial charge is 0.425 e. The molecule has 0 amide bonds. The molecule has 0 saturated carbocycles. The molecule has 8 heteroatoms. The molecule has 1 aromatic carbocycles. The van der Waals surface area contributed by atoms with Crippen molar-refractivity contribution in [2.24, 2.45) is 0 Å². The van der Waals surface area contributed by atoms with E-state index in [9.17, 15) is 19.6 Å². The van der Waals surface area contributed by atoms with E-state index in [0.717, 1.165) is 0 Å². The first-order chi connectivity index (χ1) is 9.13. The number of nitrogens with one attached hydrogen (secondary N) is 1. The maximum Gasteiger partial charge on any atom is 0.313 e. The van der Waals surface area contributed by atoms with Crippen molar-refractivity contribution in [3.05, 3.63) is 44.3 Å². The van der Waals surface area contributed by atoms with Gasteiger partial charge in [-0.05, 0) is 12.1 Å². The zero-order chi connectivity index (χ0) is 13.6. The van der Waals surface area contributed by atoms with Crippen molar-refractivity contribution in [2.45, 2.75) is 0 Å². The number of carbonyl (C=O) groups is 1. The van der Waals surface area contributed by atoms with E-state index in [-0.39, 0.29) is 32.2 Å². The number of nitrogens with zero attached hydrogens (tertiary/aromatic N) is 3. The number of hydrogen-bond donors (Lipinski definition) is 2. The Morgan fingerprint density at radius 2 is 1.95 bits per heavy atom. The number of aromatic nitrogens is 4. The number of benzene rings is 1. The first-order valence-electron chi connectivity index (χ1n) is 5.21. The minimum Gasteiger partial charge on any atom is -0.425 e. The average Bonchev–Trinajstić information content (AvgIpc) is 2.91. The lowest BCUT2D eigenvalue weighted by Gasteiger charge is -1.97. The second kappa shape index (κ2) is 3.73. The Bertz CT molecular complexity index is 941. The van der Waals surface area contributed by atoms with Gasteiger partial charge in [-0.25, -0.2) is 0 Å². The summed E-state index contributed by atoms with van der Waals surface area (Å²) in [6.45, 7) is 0. The Balaban J connectivity index is 2.74. The van der Waals surface area contributed by atoms with E-state index in [4.69, 9.17) is 0 Å². The van der Waals surface area contributed by atoms with Gasteiger partial charge in [0.1, 0.15) is 6.29 Å². The first kappa shape index (κ1) is 11.1. The average molecular weight is 258 g/mol. The fourth-order valence-corrected chi connectivity index (χ4v) is 1.86. The van der Waals surface area contributed by atoms with Crippen molar-refractivity contribution in [2.75, 3.05) is 0 Å². The fourth-order valence-electron chi connectivity index (χ4n) is 1.86. The third kappa shape index (κ3) is 1.43. The van der Waals surface area contributed by atoms with Gasteiger partial charge in [0.25, 0.3) is 0 Å². The van der Waals surface area contributed by atoms with Crippen LogP contribution in [0.2, 0.25) is 0 Å². The normalized spacial score (nSPS) is 10.9. The van der Waals surface area contributed by atoms with Crippen molar-refractivity contribution < 1.29 is 10.0 Å². The van der Waals surface area contributed by atoms with Crippen LogP contribution in [-0.2, 0) is 0 Å². The van der Waals surface area contributed by atoms with E-state index in [1.54, 1.807) is 0 Å². The van der Waals surface area contributed by atoms with Crippen LogP contribution >= 0.6 is 0 Å². The highest BCUT2D eigenvalue weighted by molar-refractivity contribution is 5.90. The van der Waals surface area contributed by atoms with Gasteiger partial charge in [-0.15, -0.1) is 9.83 Å². The number of hydrogen-bond acceptors (Lipinski definition) is 6. The molecule has 2 aromatic heterocycles. The molecule has 0 aliphatic heterocycles. The molecule has 0 saturated heterocycles. The Morgan fingerprint density at radius 1 is 1.21 bits per heavy atom. The maximum absolute atomic E-state index is 12.2. The molecule has 2 N–H and O–H groups in total. The summed E-state index contributed by atoms with van der Waals surface area (Å²) in [5.41, 5.74) is -1.72. The second-order valence-corrected chi connectivity index (χ2v) is 3.86. The van der Waals surface area contributed by atoms with Crippen LogP contribution in [-0.4, -0.2) is 31.6 Å². The van der Waals surface area contributed by atoms with Crippen molar-refractivity contribution in [3.8, 4) is 0 Å². The molecule has 8 nitrogen and oxygen atoms in total. The highest BCUT2D eigenvalue weighted by Crippen LogP contribution is 2.11. The van der Waals surface area contributed by atoms with Crippen LogP contribution in [0.3, 0.4) is 0 Å². The smallest absolute Gasteiger partial charge is 0.313 e. The highest BCUT2D eigenvalue weighted by atomic mass is 16.5. The molecular weight excluding hydrogens is 252 g/mol. The number of aromatic amines is 1. The molecule has 3 aromatic rings. The van der Waals surface area contributed by atoms with E-state index < -0.39 is 11.0 Å². The quantitative estimate of drug-likeness (QED) is 0.456. The Labute approximate surface area is 103 Å². The molecule has 0 fully saturated rings. The van der Waals surface area contributed by atoms with Crippen LogP contribution in [0.5, 0.6) is 0 Å². The third-order valence-electron chi connectivity index (χ3n) is 2.79. The number of rotatable bonds is 1. The molecule has 0 bridgehead atoms. The molecule has 0 unspecified atom stereocenters. The molecular formula is C11H6N4O4. The lowest BCUT2D eigenvalue weighted by molar-refractivity contribution is 0.112. The second-order valence-electron chi connectivity index (χ2n) is 3.86. The standard InChI is InChI=1S/C11H6N4O4/c16-4-5-1-2-6-7(3-5)15(19)11(18)9-8(10(6)17)12-14-13-9/h1-4,19H,(H,12,13,14). The van der Waals surface area contributed by atoms with Crippen LogP contribution < -0.4 is 11.0 Å². The van der Waals surface area contributed by atoms with Gasteiger partial charge in [0.05, 0.1) is 10.9 Å². The third-order valence-corrected chi connectivity index (χ3v) is 2.79. The van der Waals surface area contributed by atoms with Gasteiger partial charge in [0.2, 0.25) is 5.43 Å². The maximum atomic E-state index is 12.2. The van der Waals surface area contributed by atoms with Crippen LogP contribution in [0.1, 0.15) is 10.4 Å². The molecule has 0 aliphatic rings. The number of fused-ring (bicyclic) bond motifs is 2. The lowest BCUT2D eigenvalue weighted by atomic mass is 10.1. The number of H-pyrrole nitrogens is 1. The van der Waals surface area contributed by atoms with Gasteiger partial charge in [0.15, 0.2) is 11.0 Å². The minimum atomic E-state index is -0.890. The predicted molar refractivity (Wildman–Crippen MR) is 64.5 cm³/mol. The van der Waals surface area contributed by atoms with Crippen LogP contribution in [0.25, 0.3) is 21.9 Å². The summed E-state index contributed by atoms with van der Waals surface area (Å²) >= 11 is 0. The summed E-state index contributed by atoms with van der Waals surface area (Å²) in [5.74, 6) is 0. The van der Waals surface area contributed by atoms with E-state index >= 15 is 0 Å². The molecule has 2 heterocycles. The van der Waals surface area contributed by atoms with E-state index in [1.807, 2.05) is 0 Å². The van der Waals surface area contributed by atoms with Crippen molar-refractivity contribution in [1.29, 1.82) is 0 Å². The first-order valence-corrected chi connectivity index (χ1v) is 5.21. The zero-order valence-electron chi connectivity index (χ0n) is 9.32. The lowest BCUT2D eigenvalue weighted by Crippen LogP contribution is -2.15. The summed E-state index contributed by atoms with van der Waals surface area (Å²) in [4.78, 5) is 34.8. The molecule has 0 aliphatic carbocycles. The Morgan fingerprint density at radius 3 is 2.68 bits per heavy atom. The monoisotopic (exact) mass is 258 g/mol. The molecule has 19 heavy (non-hydrogen) atoms. The van der Waals surface area contributed by atoms with Crippen molar-refractivity contribution >= 4 is 28.2 Å². The predicted octanol–water partition coefficient (Wildman–Crippen LogP) is -0.317. The van der Waals surface area contributed by atoms with E-state index in [0.29, 0.717) is 6.29 Å². The summed E-state index contributed by atoms with van der Waals surface area (Å²) in [7, 11) is 0. The molecule has 0 radical (unpaired) electrons. The summed E-state index contributed by atoms with van der Waals surface area (Å²) in [6.07, 6.45) is 0.547. The Hall–Kier alpha value is -3.03. The van der Waals surface area contributed by atoms with Gasteiger partial charge < -0.3 is 5.21 Å². The topological polar surface area (TPSA) is 118 Å². The summed E-state index contributed by atoms with van der Waals surface area (Å²) in [5, 5.41) is 19.2. The van der Waals surface area contributed by atoms with Crippen LogP contribution in [0.4, 0.5) is 0 Å². The molecule has 3 rings (SSSR count). The number of aldehydes is 1. The van der Waals surface area contributed by atoms with E-state index in [2.05, 4.69) is 15.4 Å². The SMILES string of the molecule is O=Cc1ccc2c(=O)c3n[nH]nc3c(=O)n(O)c2c1. The van der Waals surface area contributed by atoms with Gasteiger partial charge in [-0.3, -0.25) is 14.4 Å².